The van der Waals surface area contributed by atoms with E-state index >= 15 is 0 Å². The topological polar surface area (TPSA) is 31.9 Å². The monoisotopic (exact) mass is 297 g/mol. The van der Waals surface area contributed by atoms with E-state index < -0.39 is 0 Å². The molecule has 0 spiro atoms. The number of imidazole rings is 1. The van der Waals surface area contributed by atoms with E-state index in [-0.39, 0.29) is 0 Å². The molecule has 0 bridgehead atoms. The average molecular weight is 297 g/mol. The number of aryl methyl sites for hydroxylation is 3. The highest BCUT2D eigenvalue weighted by Gasteiger charge is 2.21. The number of aromatic amines is 1. The van der Waals surface area contributed by atoms with Gasteiger partial charge in [-0.1, -0.05) is 24.3 Å². The Bertz CT molecular complexity index is 602. The summed E-state index contributed by atoms with van der Waals surface area (Å²) < 4.78 is 0. The van der Waals surface area contributed by atoms with Crippen molar-refractivity contribution in [2.24, 2.45) is 5.92 Å². The number of rotatable bonds is 5. The number of hydrogen-bond donors (Lipinski definition) is 1. The Morgan fingerprint density at radius 3 is 2.91 bits per heavy atom. The summed E-state index contributed by atoms with van der Waals surface area (Å²) in [5, 5.41) is 0. The zero-order valence-electron chi connectivity index (χ0n) is 13.8. The molecular formula is C19H27N3. The second-order valence-electron chi connectivity index (χ2n) is 6.68. The molecule has 0 amide bonds. The van der Waals surface area contributed by atoms with E-state index in [2.05, 4.69) is 53.0 Å². The maximum absolute atomic E-state index is 4.44. The quantitative estimate of drug-likeness (QED) is 0.908. The molecule has 1 aromatic heterocycles. The van der Waals surface area contributed by atoms with Crippen molar-refractivity contribution in [3.05, 3.63) is 53.1 Å². The number of likely N-dealkylation sites (tertiary alicyclic amines) is 1. The smallest absolute Gasteiger partial charge is 0.0925 e. The van der Waals surface area contributed by atoms with Gasteiger partial charge in [0.15, 0.2) is 0 Å². The van der Waals surface area contributed by atoms with Crippen LogP contribution in [0.3, 0.4) is 0 Å². The molecule has 3 heteroatoms. The third kappa shape index (κ3) is 3.77. The average Bonchev–Trinajstić information content (AvgIpc) is 2.92. The molecule has 0 saturated carbocycles. The zero-order chi connectivity index (χ0) is 15.4. The fourth-order valence-corrected chi connectivity index (χ4v) is 3.54. The molecule has 1 aliphatic heterocycles. The molecule has 1 N–H and O–H groups in total. The second-order valence-corrected chi connectivity index (χ2v) is 6.68. The maximum atomic E-state index is 4.44. The van der Waals surface area contributed by atoms with E-state index in [1.54, 1.807) is 0 Å². The second kappa shape index (κ2) is 7.10. The highest BCUT2D eigenvalue weighted by molar-refractivity contribution is 5.25. The van der Waals surface area contributed by atoms with Crippen molar-refractivity contribution in [3.63, 3.8) is 0 Å². The van der Waals surface area contributed by atoms with Gasteiger partial charge in [0.2, 0.25) is 0 Å². The number of piperidine rings is 1. The normalized spacial score (nSPS) is 19.5. The molecule has 2 aromatic rings. The van der Waals surface area contributed by atoms with E-state index in [1.165, 1.54) is 61.3 Å². The summed E-state index contributed by atoms with van der Waals surface area (Å²) in [6.45, 7) is 7.77. The lowest BCUT2D eigenvalue weighted by molar-refractivity contribution is 0.160. The summed E-state index contributed by atoms with van der Waals surface area (Å²) in [6.07, 6.45) is 7.03. The van der Waals surface area contributed by atoms with Gasteiger partial charge in [0.1, 0.15) is 0 Å². The summed E-state index contributed by atoms with van der Waals surface area (Å²) in [6, 6.07) is 8.80. The SMILES string of the molecule is Cc1ccccc1CC[C@H]1CCCN(Cc2nc[nH]c2C)C1. The Hall–Kier alpha value is -1.61. The van der Waals surface area contributed by atoms with Gasteiger partial charge in [-0.15, -0.1) is 0 Å². The lowest BCUT2D eigenvalue weighted by Crippen LogP contribution is -2.35. The third-order valence-electron chi connectivity index (χ3n) is 4.99. The Kier molecular flexibility index (Phi) is 4.94. The minimum absolute atomic E-state index is 0.826. The van der Waals surface area contributed by atoms with Crippen LogP contribution in [0.5, 0.6) is 0 Å². The fraction of sp³-hybridized carbons (Fsp3) is 0.526. The molecule has 1 saturated heterocycles. The van der Waals surface area contributed by atoms with E-state index in [0.29, 0.717) is 0 Å². The van der Waals surface area contributed by atoms with Crippen molar-refractivity contribution < 1.29 is 0 Å². The van der Waals surface area contributed by atoms with Crippen LogP contribution in [0.4, 0.5) is 0 Å². The van der Waals surface area contributed by atoms with E-state index in [0.717, 1.165) is 12.5 Å². The number of benzene rings is 1. The summed E-state index contributed by atoms with van der Waals surface area (Å²) in [4.78, 5) is 10.2. The van der Waals surface area contributed by atoms with Crippen LogP contribution in [0, 0.1) is 19.8 Å². The summed E-state index contributed by atoms with van der Waals surface area (Å²) in [7, 11) is 0. The summed E-state index contributed by atoms with van der Waals surface area (Å²) in [5.74, 6) is 0.826. The maximum Gasteiger partial charge on any atom is 0.0925 e. The van der Waals surface area contributed by atoms with Crippen molar-refractivity contribution in [2.45, 2.75) is 46.1 Å². The van der Waals surface area contributed by atoms with Gasteiger partial charge in [0.05, 0.1) is 12.0 Å². The van der Waals surface area contributed by atoms with Crippen molar-refractivity contribution >= 4 is 0 Å². The molecule has 118 valence electrons. The van der Waals surface area contributed by atoms with Crippen LogP contribution in [0.25, 0.3) is 0 Å². The number of H-pyrrole nitrogens is 1. The first-order valence-corrected chi connectivity index (χ1v) is 8.48. The molecule has 0 aliphatic carbocycles. The first-order chi connectivity index (χ1) is 10.7. The predicted molar refractivity (Wildman–Crippen MR) is 90.8 cm³/mol. The molecule has 0 unspecified atom stereocenters. The molecule has 22 heavy (non-hydrogen) atoms. The lowest BCUT2D eigenvalue weighted by Gasteiger charge is -2.32. The highest BCUT2D eigenvalue weighted by atomic mass is 15.1. The minimum atomic E-state index is 0.826. The molecular weight excluding hydrogens is 270 g/mol. The predicted octanol–water partition coefficient (Wildman–Crippen LogP) is 3.87. The Labute approximate surface area is 133 Å². The van der Waals surface area contributed by atoms with Crippen LogP contribution in [-0.4, -0.2) is 28.0 Å². The largest absolute Gasteiger partial charge is 0.348 e. The Balaban J connectivity index is 1.52. The summed E-state index contributed by atoms with van der Waals surface area (Å²) >= 11 is 0. The van der Waals surface area contributed by atoms with E-state index in [1.807, 2.05) is 6.33 Å². The highest BCUT2D eigenvalue weighted by Crippen LogP contribution is 2.23. The van der Waals surface area contributed by atoms with Gasteiger partial charge in [-0.2, -0.15) is 0 Å². The van der Waals surface area contributed by atoms with Crippen LogP contribution in [0.15, 0.2) is 30.6 Å². The lowest BCUT2D eigenvalue weighted by atomic mass is 9.90. The third-order valence-corrected chi connectivity index (χ3v) is 4.99. The first kappa shape index (κ1) is 15.3. The first-order valence-electron chi connectivity index (χ1n) is 8.48. The van der Waals surface area contributed by atoms with Crippen molar-refractivity contribution in [2.75, 3.05) is 13.1 Å². The van der Waals surface area contributed by atoms with Crippen LogP contribution in [0.1, 0.15) is 41.8 Å². The zero-order valence-corrected chi connectivity index (χ0v) is 13.8. The molecule has 0 radical (unpaired) electrons. The van der Waals surface area contributed by atoms with Gasteiger partial charge in [-0.05, 0) is 63.1 Å². The molecule has 1 aliphatic rings. The van der Waals surface area contributed by atoms with Crippen LogP contribution >= 0.6 is 0 Å². The molecule has 1 fully saturated rings. The van der Waals surface area contributed by atoms with Crippen LogP contribution in [-0.2, 0) is 13.0 Å². The molecule has 3 rings (SSSR count). The van der Waals surface area contributed by atoms with Crippen LogP contribution in [0.2, 0.25) is 0 Å². The minimum Gasteiger partial charge on any atom is -0.348 e. The molecule has 1 aromatic carbocycles. The molecule has 2 heterocycles. The van der Waals surface area contributed by atoms with Crippen LogP contribution < -0.4 is 0 Å². The van der Waals surface area contributed by atoms with Crippen molar-refractivity contribution in [1.29, 1.82) is 0 Å². The standard InChI is InChI=1S/C19H27N3/c1-15-6-3-4-8-18(15)10-9-17-7-5-11-22(12-17)13-19-16(2)20-14-21-19/h3-4,6,8,14,17H,5,7,9-13H2,1-2H3,(H,20,21)/t17-/m1/s1. The van der Waals surface area contributed by atoms with Gasteiger partial charge in [-0.25, -0.2) is 4.98 Å². The number of nitrogens with one attached hydrogen (secondary N) is 1. The molecule has 3 nitrogen and oxygen atoms in total. The van der Waals surface area contributed by atoms with Gasteiger partial charge < -0.3 is 4.98 Å². The van der Waals surface area contributed by atoms with E-state index in [9.17, 15) is 0 Å². The molecule has 1 atom stereocenters. The number of aromatic nitrogens is 2. The Morgan fingerprint density at radius 1 is 1.27 bits per heavy atom. The van der Waals surface area contributed by atoms with E-state index in [4.69, 9.17) is 0 Å². The fourth-order valence-electron chi connectivity index (χ4n) is 3.54. The Morgan fingerprint density at radius 2 is 2.14 bits per heavy atom. The van der Waals surface area contributed by atoms with Gasteiger partial charge >= 0.3 is 0 Å². The van der Waals surface area contributed by atoms with Crippen molar-refractivity contribution in [3.8, 4) is 0 Å². The van der Waals surface area contributed by atoms with Gasteiger partial charge in [-0.3, -0.25) is 4.90 Å². The number of nitrogens with zero attached hydrogens (tertiary/aromatic N) is 2. The summed E-state index contributed by atoms with van der Waals surface area (Å²) in [5.41, 5.74) is 5.37. The number of hydrogen-bond acceptors (Lipinski definition) is 2. The van der Waals surface area contributed by atoms with Gasteiger partial charge in [0, 0.05) is 18.8 Å². The van der Waals surface area contributed by atoms with Crippen molar-refractivity contribution in [1.82, 2.24) is 14.9 Å². The van der Waals surface area contributed by atoms with Gasteiger partial charge in [0.25, 0.3) is 0 Å².